The van der Waals surface area contributed by atoms with Gasteiger partial charge in [0, 0.05) is 12.1 Å². The van der Waals surface area contributed by atoms with Crippen LogP contribution in [-0.2, 0) is 0 Å². The Morgan fingerprint density at radius 1 is 1.24 bits per heavy atom. The van der Waals surface area contributed by atoms with E-state index in [1.807, 2.05) is 6.92 Å². The molecule has 1 unspecified atom stereocenters. The lowest BCUT2D eigenvalue weighted by Crippen LogP contribution is -2.20. The molecule has 96 valence electrons. The average molecular weight is 244 g/mol. The Hall–Kier alpha value is -1.43. The smallest absolute Gasteiger partial charge is 0.178 e. The van der Waals surface area contributed by atoms with E-state index in [1.54, 1.807) is 0 Å². The van der Waals surface area contributed by atoms with E-state index in [4.69, 9.17) is 5.84 Å². The third-order valence-electron chi connectivity index (χ3n) is 2.27. The van der Waals surface area contributed by atoms with Gasteiger partial charge in [-0.05, 0) is 19.3 Å². The minimum atomic E-state index is -0.813. The number of nitrogen functional groups attached to an aromatic ring is 1. The molecule has 6 heteroatoms. The topological polar surface area (TPSA) is 63.0 Å². The molecule has 0 aliphatic heterocycles. The van der Waals surface area contributed by atoms with Gasteiger partial charge in [-0.2, -0.15) is 0 Å². The number of nitrogens with zero attached hydrogens (tertiary/aromatic N) is 1. The molecule has 0 saturated carbocycles. The first kappa shape index (κ1) is 13.6. The van der Waals surface area contributed by atoms with Crippen LogP contribution in [0.15, 0.2) is 6.07 Å². The monoisotopic (exact) mass is 244 g/mol. The third-order valence-corrected chi connectivity index (χ3v) is 2.27. The third kappa shape index (κ3) is 3.81. The minimum Gasteiger partial charge on any atom is -0.365 e. The van der Waals surface area contributed by atoms with Gasteiger partial charge in [0.1, 0.15) is 0 Å². The second-order valence-electron chi connectivity index (χ2n) is 4.47. The number of pyridine rings is 1. The molecule has 1 aromatic rings. The molecule has 0 bridgehead atoms. The number of aromatic nitrogens is 1. The summed E-state index contributed by atoms with van der Waals surface area (Å²) in [6.45, 7) is 6.05. The first-order valence-corrected chi connectivity index (χ1v) is 5.53. The Labute approximate surface area is 99.6 Å². The largest absolute Gasteiger partial charge is 0.365 e. The summed E-state index contributed by atoms with van der Waals surface area (Å²) in [6.07, 6.45) is 0.865. The summed E-state index contributed by atoms with van der Waals surface area (Å²) in [5.41, 5.74) is 2.08. The molecule has 4 N–H and O–H groups in total. The molecule has 1 rings (SSSR count). The molecule has 0 fully saturated rings. The van der Waals surface area contributed by atoms with Gasteiger partial charge in [-0.3, -0.25) is 0 Å². The molecule has 4 nitrogen and oxygen atoms in total. The maximum Gasteiger partial charge on any atom is 0.178 e. The van der Waals surface area contributed by atoms with E-state index >= 15 is 0 Å². The molecule has 0 amide bonds. The van der Waals surface area contributed by atoms with Crippen molar-refractivity contribution in [1.29, 1.82) is 0 Å². The van der Waals surface area contributed by atoms with Crippen molar-refractivity contribution < 1.29 is 8.78 Å². The van der Waals surface area contributed by atoms with Gasteiger partial charge in [-0.15, -0.1) is 0 Å². The van der Waals surface area contributed by atoms with Crippen LogP contribution in [0.25, 0.3) is 0 Å². The zero-order chi connectivity index (χ0) is 13.0. The first-order chi connectivity index (χ1) is 7.93. The van der Waals surface area contributed by atoms with Crippen molar-refractivity contribution in [2.45, 2.75) is 33.2 Å². The van der Waals surface area contributed by atoms with Gasteiger partial charge in [-0.1, -0.05) is 13.8 Å². The summed E-state index contributed by atoms with van der Waals surface area (Å²) in [4.78, 5) is 3.74. The maximum atomic E-state index is 13.4. The average Bonchev–Trinajstić information content (AvgIpc) is 2.20. The van der Waals surface area contributed by atoms with Gasteiger partial charge in [0.05, 0.1) is 0 Å². The highest BCUT2D eigenvalue weighted by molar-refractivity contribution is 5.47. The van der Waals surface area contributed by atoms with E-state index in [0.29, 0.717) is 5.92 Å². The van der Waals surface area contributed by atoms with Crippen LogP contribution in [0.2, 0.25) is 0 Å². The fraction of sp³-hybridized carbons (Fsp3) is 0.545. The fourth-order valence-electron chi connectivity index (χ4n) is 1.67. The zero-order valence-electron chi connectivity index (χ0n) is 10.2. The van der Waals surface area contributed by atoms with Crippen molar-refractivity contribution >= 4 is 11.6 Å². The number of anilines is 2. The molecular formula is C11H18F2N4. The summed E-state index contributed by atoms with van der Waals surface area (Å²) in [7, 11) is 0. The molecule has 0 spiro atoms. The van der Waals surface area contributed by atoms with E-state index in [0.717, 1.165) is 12.5 Å². The summed E-state index contributed by atoms with van der Waals surface area (Å²) >= 11 is 0. The molecule has 0 aliphatic rings. The molecule has 1 aromatic heterocycles. The number of halogens is 2. The predicted octanol–water partition coefficient (Wildman–Crippen LogP) is 2.49. The first-order valence-electron chi connectivity index (χ1n) is 5.53. The lowest BCUT2D eigenvalue weighted by molar-refractivity contribution is 0.531. The molecule has 1 atom stereocenters. The van der Waals surface area contributed by atoms with Crippen molar-refractivity contribution in [3.8, 4) is 0 Å². The number of hydrazine groups is 1. The second kappa shape index (κ2) is 5.77. The predicted molar refractivity (Wildman–Crippen MR) is 64.5 cm³/mol. The highest BCUT2D eigenvalue weighted by Gasteiger charge is 2.13. The van der Waals surface area contributed by atoms with Gasteiger partial charge in [0.15, 0.2) is 23.3 Å². The normalized spacial score (nSPS) is 12.6. The van der Waals surface area contributed by atoms with Crippen LogP contribution in [-0.4, -0.2) is 11.0 Å². The summed E-state index contributed by atoms with van der Waals surface area (Å²) < 4.78 is 26.5. The molecule has 0 aliphatic carbocycles. The number of rotatable bonds is 5. The number of hydrogen-bond acceptors (Lipinski definition) is 4. The van der Waals surface area contributed by atoms with Crippen molar-refractivity contribution in [3.63, 3.8) is 0 Å². The zero-order valence-corrected chi connectivity index (χ0v) is 10.2. The minimum absolute atomic E-state index is 0.00694. The maximum absolute atomic E-state index is 13.4. The van der Waals surface area contributed by atoms with Gasteiger partial charge in [-0.25, -0.2) is 19.6 Å². The summed E-state index contributed by atoms with van der Waals surface area (Å²) in [5, 5.41) is 2.90. The van der Waals surface area contributed by atoms with E-state index in [-0.39, 0.29) is 17.7 Å². The van der Waals surface area contributed by atoms with Gasteiger partial charge in [0.25, 0.3) is 0 Å². The quantitative estimate of drug-likeness (QED) is 0.550. The molecule has 0 saturated heterocycles. The Morgan fingerprint density at radius 2 is 1.82 bits per heavy atom. The second-order valence-corrected chi connectivity index (χ2v) is 4.47. The standard InChI is InChI=1S/C11H18F2N4/c1-6(2)4-7(3)15-10-8(12)5-9(13)11(16-10)17-14/h5-7H,4,14H2,1-3H3,(H2,15,16,17). The van der Waals surface area contributed by atoms with Crippen LogP contribution < -0.4 is 16.6 Å². The lowest BCUT2D eigenvalue weighted by Gasteiger charge is -2.17. The van der Waals surface area contributed by atoms with Gasteiger partial charge >= 0.3 is 0 Å². The highest BCUT2D eigenvalue weighted by Crippen LogP contribution is 2.20. The van der Waals surface area contributed by atoms with Crippen LogP contribution in [0.4, 0.5) is 20.4 Å². The van der Waals surface area contributed by atoms with Crippen LogP contribution >= 0.6 is 0 Å². The summed E-state index contributed by atoms with van der Waals surface area (Å²) in [6, 6.07) is 0.806. The van der Waals surface area contributed by atoms with Crippen molar-refractivity contribution in [3.05, 3.63) is 17.7 Å². The SMILES string of the molecule is CC(C)CC(C)Nc1nc(NN)c(F)cc1F. The van der Waals surface area contributed by atoms with Crippen LogP contribution in [0, 0.1) is 17.6 Å². The number of nitrogens with two attached hydrogens (primary N) is 1. The van der Waals surface area contributed by atoms with Crippen LogP contribution in [0.5, 0.6) is 0 Å². The molecule has 0 radical (unpaired) electrons. The van der Waals surface area contributed by atoms with E-state index in [1.165, 1.54) is 0 Å². The lowest BCUT2D eigenvalue weighted by atomic mass is 10.1. The number of hydrogen-bond donors (Lipinski definition) is 3. The number of nitrogens with one attached hydrogen (secondary N) is 2. The molecule has 1 heterocycles. The Kier molecular flexibility index (Phi) is 4.62. The Morgan fingerprint density at radius 3 is 2.35 bits per heavy atom. The highest BCUT2D eigenvalue weighted by atomic mass is 19.1. The van der Waals surface area contributed by atoms with Crippen molar-refractivity contribution in [1.82, 2.24) is 4.98 Å². The molecular weight excluding hydrogens is 226 g/mol. The molecule has 17 heavy (non-hydrogen) atoms. The van der Waals surface area contributed by atoms with Crippen LogP contribution in [0.1, 0.15) is 27.2 Å². The van der Waals surface area contributed by atoms with Crippen molar-refractivity contribution in [2.75, 3.05) is 10.7 Å². The van der Waals surface area contributed by atoms with Gasteiger partial charge in [0.2, 0.25) is 0 Å². The van der Waals surface area contributed by atoms with Gasteiger partial charge < -0.3 is 10.7 Å². The van der Waals surface area contributed by atoms with E-state index in [2.05, 4.69) is 29.6 Å². The molecule has 0 aromatic carbocycles. The van der Waals surface area contributed by atoms with E-state index in [9.17, 15) is 8.78 Å². The van der Waals surface area contributed by atoms with Crippen LogP contribution in [0.3, 0.4) is 0 Å². The van der Waals surface area contributed by atoms with E-state index < -0.39 is 11.6 Å². The fourth-order valence-corrected chi connectivity index (χ4v) is 1.67. The summed E-state index contributed by atoms with van der Waals surface area (Å²) in [5.74, 6) is 3.85. The van der Waals surface area contributed by atoms with Crippen molar-refractivity contribution in [2.24, 2.45) is 11.8 Å². The Bertz CT molecular complexity index is 382. The Balaban J connectivity index is 2.83.